The van der Waals surface area contributed by atoms with Gasteiger partial charge in [0.25, 0.3) is 0 Å². The number of fused-ring (bicyclic) bond motifs is 1. The molecule has 5 rings (SSSR count). The van der Waals surface area contributed by atoms with Crippen molar-refractivity contribution in [2.45, 2.75) is 44.6 Å². The molecule has 0 aliphatic rings. The molecular weight excluding hydrogens is 554 g/mol. The molecule has 0 spiro atoms. The van der Waals surface area contributed by atoms with Crippen LogP contribution in [0.3, 0.4) is 0 Å². The molecule has 0 saturated heterocycles. The summed E-state index contributed by atoms with van der Waals surface area (Å²) in [5.74, 6) is 0.561. The monoisotopic (exact) mass is 592 g/mol. The van der Waals surface area contributed by atoms with Gasteiger partial charge in [0.1, 0.15) is 5.78 Å². The molecule has 7 heteroatoms. The highest BCUT2D eigenvalue weighted by atomic mass is 16.5. The molecule has 7 nitrogen and oxygen atoms in total. The Morgan fingerprint density at radius 1 is 0.841 bits per heavy atom. The van der Waals surface area contributed by atoms with Gasteiger partial charge in [0.15, 0.2) is 23.0 Å². The van der Waals surface area contributed by atoms with Gasteiger partial charge in [0.05, 0.1) is 20.3 Å². The predicted molar refractivity (Wildman–Crippen MR) is 171 cm³/mol. The van der Waals surface area contributed by atoms with Gasteiger partial charge in [-0.15, -0.1) is 0 Å². The van der Waals surface area contributed by atoms with Gasteiger partial charge < -0.3 is 29.8 Å². The summed E-state index contributed by atoms with van der Waals surface area (Å²) in [6.45, 7) is 0. The maximum absolute atomic E-state index is 13.1. The highest BCUT2D eigenvalue weighted by Crippen LogP contribution is 2.37. The number of aliphatic hydroxyl groups excluding tert-OH is 1. The Morgan fingerprint density at radius 3 is 2.41 bits per heavy atom. The van der Waals surface area contributed by atoms with E-state index < -0.39 is 6.10 Å². The molecule has 2 atom stereocenters. The Bertz CT molecular complexity index is 1710. The first-order valence-corrected chi connectivity index (χ1v) is 14.8. The summed E-state index contributed by atoms with van der Waals surface area (Å²) in [7, 11) is 3.04. The summed E-state index contributed by atoms with van der Waals surface area (Å²) in [6, 6.07) is 24.9. The molecule has 0 fully saturated rings. The lowest BCUT2D eigenvalue weighted by molar-refractivity contribution is -0.121. The van der Waals surface area contributed by atoms with E-state index in [9.17, 15) is 20.1 Å². The number of carbonyl (C=O) groups excluding carboxylic acids is 1. The lowest BCUT2D eigenvalue weighted by Gasteiger charge is -2.25. The zero-order chi connectivity index (χ0) is 31.1. The molecule has 1 aromatic heterocycles. The van der Waals surface area contributed by atoms with Crippen molar-refractivity contribution in [3.8, 4) is 23.0 Å². The van der Waals surface area contributed by atoms with Crippen LogP contribution in [0.15, 0.2) is 91.3 Å². The van der Waals surface area contributed by atoms with E-state index in [0.29, 0.717) is 37.2 Å². The number of carbonyl (C=O) groups is 1. The van der Waals surface area contributed by atoms with Crippen LogP contribution >= 0.6 is 0 Å². The zero-order valence-electron chi connectivity index (χ0n) is 25.1. The minimum Gasteiger partial charge on any atom is -0.670 e. The number of aliphatic hydroxyl groups is 1. The van der Waals surface area contributed by atoms with Crippen molar-refractivity contribution in [1.82, 2.24) is 4.98 Å². The van der Waals surface area contributed by atoms with Crippen LogP contribution < -0.4 is 14.5 Å². The lowest BCUT2D eigenvalue weighted by Crippen LogP contribution is -2.28. The molecule has 3 N–H and O–H groups in total. The first-order chi connectivity index (χ1) is 21.4. The molecule has 0 saturated carbocycles. The number of hydrogen-bond donors (Lipinski definition) is 3. The predicted octanol–water partition coefficient (Wildman–Crippen LogP) is 6.17. The molecule has 0 unspecified atom stereocenters. The van der Waals surface area contributed by atoms with Crippen molar-refractivity contribution in [3.63, 3.8) is 0 Å². The molecular formula is C37H38NO6-. The van der Waals surface area contributed by atoms with E-state index in [4.69, 9.17) is 9.47 Å². The number of hydrogen-bond acceptors (Lipinski definition) is 6. The number of ether oxygens (including phenoxy) is 2. The summed E-state index contributed by atoms with van der Waals surface area (Å²) >= 11 is 0. The number of aromatic nitrogens is 1. The Kier molecular flexibility index (Phi) is 9.87. The fourth-order valence-electron chi connectivity index (χ4n) is 5.94. The van der Waals surface area contributed by atoms with Crippen molar-refractivity contribution >= 4 is 16.6 Å². The number of Topliss-reactive ketones (excluding diaryl/α,β-unsaturated/α-hetero) is 1. The number of aromatic hydroxyl groups is 2. The number of phenols is 2. The van der Waals surface area contributed by atoms with Crippen LogP contribution in [0.25, 0.3) is 10.8 Å². The van der Waals surface area contributed by atoms with Crippen molar-refractivity contribution in [1.29, 1.82) is 0 Å². The van der Waals surface area contributed by atoms with Gasteiger partial charge >= 0.3 is 0 Å². The number of ketones is 1. The van der Waals surface area contributed by atoms with Crippen LogP contribution in [0, 0.1) is 5.92 Å². The average molecular weight is 593 g/mol. The van der Waals surface area contributed by atoms with Crippen molar-refractivity contribution < 1.29 is 29.6 Å². The van der Waals surface area contributed by atoms with Gasteiger partial charge in [-0.05, 0) is 70.8 Å². The first-order valence-electron chi connectivity index (χ1n) is 14.8. The molecule has 0 aliphatic heterocycles. The molecule has 1 heterocycles. The number of methoxy groups -OCH3 is 2. The second-order valence-electron chi connectivity index (χ2n) is 11.2. The second-order valence-corrected chi connectivity index (χ2v) is 11.2. The Balaban J connectivity index is 1.38. The molecule has 4 aromatic carbocycles. The van der Waals surface area contributed by atoms with Crippen molar-refractivity contribution in [2.75, 3.05) is 14.2 Å². The van der Waals surface area contributed by atoms with Crippen LogP contribution in [0.1, 0.15) is 40.7 Å². The van der Waals surface area contributed by atoms with Crippen LogP contribution in [-0.4, -0.2) is 41.4 Å². The van der Waals surface area contributed by atoms with Crippen LogP contribution in [0.5, 0.6) is 23.0 Å². The molecule has 0 aliphatic carbocycles. The van der Waals surface area contributed by atoms with E-state index in [2.05, 4.69) is 29.2 Å². The first kappa shape index (κ1) is 30.7. The highest BCUT2D eigenvalue weighted by molar-refractivity contribution is 5.86. The van der Waals surface area contributed by atoms with Crippen LogP contribution in [0.2, 0.25) is 0 Å². The van der Waals surface area contributed by atoms with E-state index in [-0.39, 0.29) is 36.0 Å². The minimum atomic E-state index is -0.892. The zero-order valence-corrected chi connectivity index (χ0v) is 25.1. The molecule has 44 heavy (non-hydrogen) atoms. The molecule has 0 amide bonds. The van der Waals surface area contributed by atoms with Gasteiger partial charge in [-0.25, -0.2) is 0 Å². The smallest absolute Gasteiger partial charge is 0.164 e. The van der Waals surface area contributed by atoms with E-state index in [1.165, 1.54) is 7.11 Å². The van der Waals surface area contributed by atoms with Gasteiger partial charge in [-0.2, -0.15) is 12.4 Å². The highest BCUT2D eigenvalue weighted by Gasteiger charge is 2.25. The fraction of sp³-hybridized carbons (Fsp3) is 0.270. The molecule has 5 aromatic rings. The topological polar surface area (TPSA) is 110 Å². The normalized spacial score (nSPS) is 12.6. The van der Waals surface area contributed by atoms with Gasteiger partial charge in [-0.3, -0.25) is 4.79 Å². The number of aryl methyl sites for hydroxylation is 1. The third-order valence-electron chi connectivity index (χ3n) is 8.30. The maximum atomic E-state index is 13.1. The van der Waals surface area contributed by atoms with E-state index in [1.54, 1.807) is 43.8 Å². The largest absolute Gasteiger partial charge is 0.670 e. The van der Waals surface area contributed by atoms with Crippen molar-refractivity contribution in [3.05, 3.63) is 119 Å². The third kappa shape index (κ3) is 7.24. The summed E-state index contributed by atoms with van der Waals surface area (Å²) in [6.07, 6.45) is 4.92. The van der Waals surface area contributed by atoms with E-state index in [1.807, 2.05) is 30.3 Å². The Morgan fingerprint density at radius 2 is 1.64 bits per heavy atom. The number of phenolic OH excluding ortho intramolecular Hbond substituents is 2. The summed E-state index contributed by atoms with van der Waals surface area (Å²) in [4.78, 5) is 17.3. The van der Waals surface area contributed by atoms with Crippen LogP contribution in [-0.2, 0) is 30.5 Å². The van der Waals surface area contributed by atoms with E-state index >= 15 is 0 Å². The Hall–Kier alpha value is -4.75. The SMILES string of the molecule is COc1cc(CCC(=O)C[C@@H](O)[C@H](Cc2cc[n-]c2)Cc2ccc(O)c(OC)c2Cc2cccc3ccccc23)ccc1O. The second kappa shape index (κ2) is 14.1. The molecule has 0 radical (unpaired) electrons. The Labute approximate surface area is 257 Å². The number of rotatable bonds is 14. The third-order valence-corrected chi connectivity index (χ3v) is 8.30. The minimum absolute atomic E-state index is 0.0158. The summed E-state index contributed by atoms with van der Waals surface area (Å²) in [5, 5.41) is 34.3. The quantitative estimate of drug-likeness (QED) is 0.141. The maximum Gasteiger partial charge on any atom is 0.164 e. The van der Waals surface area contributed by atoms with Gasteiger partial charge in [0.2, 0.25) is 0 Å². The average Bonchev–Trinajstić information content (AvgIpc) is 3.55. The standard InChI is InChI=1S/C37H38NO6/c1-43-36-19-24(11-14-33(36)40)10-13-30(39)22-35(42)29(18-25-16-17-38-23-25)20-28-12-15-34(41)37(44-2)32(28)21-27-8-5-7-26-6-3-4-9-31(26)27/h3-9,11-12,14-17,19,23,29,35,40-42H,10,13,18,20-22H2,1-2H3/q-1/t29-,35-/m1/s1. The van der Waals surface area contributed by atoms with Crippen molar-refractivity contribution in [2.24, 2.45) is 5.92 Å². The lowest BCUT2D eigenvalue weighted by atomic mass is 9.83. The van der Waals surface area contributed by atoms with Crippen LogP contribution in [0.4, 0.5) is 0 Å². The molecule has 0 bridgehead atoms. The van der Waals surface area contributed by atoms with E-state index in [0.717, 1.165) is 38.6 Å². The summed E-state index contributed by atoms with van der Waals surface area (Å²) in [5.41, 5.74) is 4.76. The molecule has 228 valence electrons. The number of nitrogens with zero attached hydrogens (tertiary/aromatic N) is 1. The van der Waals surface area contributed by atoms with Gasteiger partial charge in [0, 0.05) is 24.8 Å². The van der Waals surface area contributed by atoms with Gasteiger partial charge in [-0.1, -0.05) is 66.2 Å². The number of benzene rings is 4. The fourth-order valence-corrected chi connectivity index (χ4v) is 5.94. The summed E-state index contributed by atoms with van der Waals surface area (Å²) < 4.78 is 10.9.